The number of ether oxygens (including phenoxy) is 1. The standard InChI is InChI=1S/C26H20N2O3S/c1-15-5-7-16(8-6-15)20-14-19(21-4-3-13-31-21)22-23(27)25(32-26(22)28-20)24(29)17-9-11-18(30-2)12-10-17/h3-14H,27H2,1-2H3. The Morgan fingerprint density at radius 2 is 1.81 bits per heavy atom. The van der Waals surface area contributed by atoms with Crippen molar-refractivity contribution in [2.75, 3.05) is 12.8 Å². The van der Waals surface area contributed by atoms with Crippen LogP contribution in [-0.2, 0) is 0 Å². The fraction of sp³-hybridized carbons (Fsp3) is 0.0769. The normalized spacial score (nSPS) is 11.1. The molecule has 3 heterocycles. The van der Waals surface area contributed by atoms with Crippen LogP contribution >= 0.6 is 11.3 Å². The molecule has 158 valence electrons. The lowest BCUT2D eigenvalue weighted by atomic mass is 10.0. The van der Waals surface area contributed by atoms with Gasteiger partial charge in [-0.2, -0.15) is 0 Å². The second-order valence-corrected chi connectivity index (χ2v) is 8.48. The molecular weight excluding hydrogens is 420 g/mol. The van der Waals surface area contributed by atoms with Crippen molar-refractivity contribution in [2.24, 2.45) is 0 Å². The molecule has 0 saturated heterocycles. The molecular formula is C26H20N2O3S. The Kier molecular flexibility index (Phi) is 4.99. The van der Waals surface area contributed by atoms with Gasteiger partial charge in [-0.05, 0) is 49.4 Å². The Balaban J connectivity index is 1.70. The first-order chi connectivity index (χ1) is 15.5. The maximum atomic E-state index is 13.3. The largest absolute Gasteiger partial charge is 0.497 e. The van der Waals surface area contributed by atoms with E-state index in [0.717, 1.165) is 22.2 Å². The Bertz CT molecular complexity index is 1420. The number of rotatable bonds is 5. The molecule has 0 bridgehead atoms. The Morgan fingerprint density at radius 1 is 1.06 bits per heavy atom. The summed E-state index contributed by atoms with van der Waals surface area (Å²) in [7, 11) is 1.59. The van der Waals surface area contributed by atoms with Gasteiger partial charge in [0.25, 0.3) is 0 Å². The molecule has 0 atom stereocenters. The predicted molar refractivity (Wildman–Crippen MR) is 128 cm³/mol. The van der Waals surface area contributed by atoms with E-state index in [9.17, 15) is 4.79 Å². The minimum Gasteiger partial charge on any atom is -0.497 e. The molecule has 5 aromatic rings. The van der Waals surface area contributed by atoms with Gasteiger partial charge in [0.2, 0.25) is 5.78 Å². The summed E-state index contributed by atoms with van der Waals surface area (Å²) in [6.07, 6.45) is 1.62. The molecule has 2 aromatic carbocycles. The number of hydrogen-bond donors (Lipinski definition) is 1. The quantitative estimate of drug-likeness (QED) is 0.322. The number of carbonyl (C=O) groups excluding carboxylic acids is 1. The molecule has 0 aliphatic heterocycles. The van der Waals surface area contributed by atoms with E-state index in [1.54, 1.807) is 37.6 Å². The SMILES string of the molecule is COc1ccc(C(=O)c2sc3nc(-c4ccc(C)cc4)cc(-c4ccco4)c3c2N)cc1. The number of nitrogens with two attached hydrogens (primary N) is 1. The van der Waals surface area contributed by atoms with E-state index in [-0.39, 0.29) is 5.78 Å². The molecule has 5 rings (SSSR count). The monoisotopic (exact) mass is 440 g/mol. The lowest BCUT2D eigenvalue weighted by molar-refractivity contribution is 0.104. The van der Waals surface area contributed by atoms with E-state index in [1.165, 1.54) is 16.9 Å². The number of methoxy groups -OCH3 is 1. The summed E-state index contributed by atoms with van der Waals surface area (Å²) in [4.78, 5) is 19.3. The number of ketones is 1. The first-order valence-corrected chi connectivity index (χ1v) is 10.9. The van der Waals surface area contributed by atoms with Gasteiger partial charge in [0, 0.05) is 22.1 Å². The maximum Gasteiger partial charge on any atom is 0.205 e. The van der Waals surface area contributed by atoms with Gasteiger partial charge in [-0.15, -0.1) is 11.3 Å². The summed E-state index contributed by atoms with van der Waals surface area (Å²) in [5.41, 5.74) is 11.3. The third-order valence-corrected chi connectivity index (χ3v) is 6.49. The van der Waals surface area contributed by atoms with Crippen LogP contribution in [0, 0.1) is 6.92 Å². The van der Waals surface area contributed by atoms with Crippen molar-refractivity contribution in [3.8, 4) is 28.3 Å². The molecule has 0 radical (unpaired) electrons. The first-order valence-electron chi connectivity index (χ1n) is 10.1. The highest BCUT2D eigenvalue weighted by atomic mass is 32.1. The number of aromatic nitrogens is 1. The molecule has 3 aromatic heterocycles. The number of benzene rings is 2. The van der Waals surface area contributed by atoms with Crippen LogP contribution in [0.5, 0.6) is 5.75 Å². The molecule has 0 amide bonds. The van der Waals surface area contributed by atoms with Gasteiger partial charge in [0.1, 0.15) is 21.2 Å². The molecule has 0 fully saturated rings. The van der Waals surface area contributed by atoms with E-state index < -0.39 is 0 Å². The fourth-order valence-corrected chi connectivity index (χ4v) is 4.74. The van der Waals surface area contributed by atoms with Crippen molar-refractivity contribution in [2.45, 2.75) is 6.92 Å². The predicted octanol–water partition coefficient (Wildman–Crippen LogP) is 6.35. The number of hydrogen-bond acceptors (Lipinski definition) is 6. The van der Waals surface area contributed by atoms with Gasteiger partial charge in [0.15, 0.2) is 0 Å². The van der Waals surface area contributed by atoms with Crippen molar-refractivity contribution < 1.29 is 13.9 Å². The van der Waals surface area contributed by atoms with E-state index in [4.69, 9.17) is 19.9 Å². The highest BCUT2D eigenvalue weighted by Crippen LogP contribution is 2.42. The van der Waals surface area contributed by atoms with Gasteiger partial charge < -0.3 is 14.9 Å². The van der Waals surface area contributed by atoms with Crippen LogP contribution in [0.4, 0.5) is 5.69 Å². The zero-order valence-corrected chi connectivity index (χ0v) is 18.4. The van der Waals surface area contributed by atoms with Gasteiger partial charge >= 0.3 is 0 Å². The van der Waals surface area contributed by atoms with Crippen molar-refractivity contribution in [1.82, 2.24) is 4.98 Å². The number of furan rings is 1. The van der Waals surface area contributed by atoms with E-state index in [0.29, 0.717) is 32.5 Å². The summed E-state index contributed by atoms with van der Waals surface area (Å²) >= 11 is 1.30. The highest BCUT2D eigenvalue weighted by molar-refractivity contribution is 7.21. The van der Waals surface area contributed by atoms with Gasteiger partial charge in [0.05, 0.1) is 24.8 Å². The average Bonchev–Trinajstić information content (AvgIpc) is 3.47. The third-order valence-electron chi connectivity index (χ3n) is 5.39. The first kappa shape index (κ1) is 20.0. The number of aryl methyl sites for hydroxylation is 1. The van der Waals surface area contributed by atoms with Crippen LogP contribution in [-0.4, -0.2) is 17.9 Å². The average molecular weight is 441 g/mol. The Labute approximate surface area is 189 Å². The van der Waals surface area contributed by atoms with Crippen LogP contribution in [0.15, 0.2) is 77.4 Å². The summed E-state index contributed by atoms with van der Waals surface area (Å²) in [6, 6.07) is 20.9. The number of pyridine rings is 1. The summed E-state index contributed by atoms with van der Waals surface area (Å²) in [6.45, 7) is 2.05. The van der Waals surface area contributed by atoms with Crippen LogP contribution in [0.1, 0.15) is 20.8 Å². The zero-order valence-electron chi connectivity index (χ0n) is 17.6. The van der Waals surface area contributed by atoms with Crippen molar-refractivity contribution >= 4 is 33.0 Å². The number of anilines is 1. The van der Waals surface area contributed by atoms with Crippen molar-refractivity contribution in [3.63, 3.8) is 0 Å². The Hall–Kier alpha value is -3.90. The van der Waals surface area contributed by atoms with Crippen molar-refractivity contribution in [3.05, 3.63) is 89.0 Å². The van der Waals surface area contributed by atoms with Crippen LogP contribution in [0.25, 0.3) is 32.8 Å². The topological polar surface area (TPSA) is 78.3 Å². The minimum atomic E-state index is -0.143. The van der Waals surface area contributed by atoms with E-state index in [2.05, 4.69) is 12.1 Å². The summed E-state index contributed by atoms with van der Waals surface area (Å²) in [5.74, 6) is 1.23. The van der Waals surface area contributed by atoms with Gasteiger partial charge in [-0.3, -0.25) is 4.79 Å². The van der Waals surface area contributed by atoms with Crippen LogP contribution < -0.4 is 10.5 Å². The fourth-order valence-electron chi connectivity index (χ4n) is 3.66. The minimum absolute atomic E-state index is 0.143. The molecule has 32 heavy (non-hydrogen) atoms. The lowest BCUT2D eigenvalue weighted by Gasteiger charge is -2.07. The molecule has 0 spiro atoms. The van der Waals surface area contributed by atoms with Crippen molar-refractivity contribution in [1.29, 1.82) is 0 Å². The smallest absolute Gasteiger partial charge is 0.205 e. The van der Waals surface area contributed by atoms with E-state index in [1.807, 2.05) is 37.3 Å². The molecule has 6 heteroatoms. The van der Waals surface area contributed by atoms with Gasteiger partial charge in [-0.25, -0.2) is 4.98 Å². The van der Waals surface area contributed by atoms with E-state index >= 15 is 0 Å². The molecule has 0 unspecified atom stereocenters. The number of fused-ring (bicyclic) bond motifs is 1. The molecule has 5 nitrogen and oxygen atoms in total. The summed E-state index contributed by atoms with van der Waals surface area (Å²) < 4.78 is 10.9. The zero-order chi connectivity index (χ0) is 22.2. The van der Waals surface area contributed by atoms with Crippen LogP contribution in [0.2, 0.25) is 0 Å². The maximum absolute atomic E-state index is 13.3. The third kappa shape index (κ3) is 3.44. The Morgan fingerprint density at radius 3 is 2.47 bits per heavy atom. The molecule has 2 N–H and O–H groups in total. The number of thiophene rings is 1. The second-order valence-electron chi connectivity index (χ2n) is 7.48. The molecule has 0 aliphatic carbocycles. The highest BCUT2D eigenvalue weighted by Gasteiger charge is 2.23. The number of nitrogens with zero attached hydrogens (tertiary/aromatic N) is 1. The molecule has 0 aliphatic rings. The summed E-state index contributed by atoms with van der Waals surface area (Å²) in [5, 5.41) is 0.734. The number of nitrogen functional groups attached to an aromatic ring is 1. The van der Waals surface area contributed by atoms with Crippen LogP contribution in [0.3, 0.4) is 0 Å². The molecule has 0 saturated carbocycles. The lowest BCUT2D eigenvalue weighted by Crippen LogP contribution is -2.02. The second kappa shape index (κ2) is 7.98. The number of carbonyl (C=O) groups is 1. The van der Waals surface area contributed by atoms with Gasteiger partial charge in [-0.1, -0.05) is 29.8 Å².